The lowest BCUT2D eigenvalue weighted by Crippen LogP contribution is -2.09. The normalized spacial score (nSPS) is 11.4. The molecule has 0 aliphatic heterocycles. The first kappa shape index (κ1) is 17.6. The number of phenolic OH excluding ortho intramolecular Hbond substituents is 1. The van der Waals surface area contributed by atoms with Crippen LogP contribution in [0.5, 0.6) is 11.5 Å². The molecule has 0 bridgehead atoms. The molecule has 0 aromatic heterocycles. The Hall–Kier alpha value is -2.80. The van der Waals surface area contributed by atoms with E-state index in [0.717, 1.165) is 6.26 Å². The summed E-state index contributed by atoms with van der Waals surface area (Å²) in [6.07, 6.45) is 4.00. The van der Waals surface area contributed by atoms with Crippen molar-refractivity contribution < 1.29 is 23.1 Å². The number of carbonyl (C=O) groups is 1. The van der Waals surface area contributed by atoms with Gasteiger partial charge in [0.25, 0.3) is 0 Å². The molecule has 0 saturated carbocycles. The lowest BCUT2D eigenvalue weighted by atomic mass is 10.1. The first-order chi connectivity index (χ1) is 11.3. The van der Waals surface area contributed by atoms with E-state index >= 15 is 0 Å². The predicted molar refractivity (Wildman–Crippen MR) is 92.9 cm³/mol. The highest BCUT2D eigenvalue weighted by Crippen LogP contribution is 2.26. The first-order valence-corrected chi connectivity index (χ1v) is 8.85. The molecule has 0 aliphatic carbocycles. The van der Waals surface area contributed by atoms with Crippen molar-refractivity contribution in [1.82, 2.24) is 0 Å². The van der Waals surface area contributed by atoms with Gasteiger partial charge in [0.15, 0.2) is 17.3 Å². The molecule has 0 aliphatic rings. The van der Waals surface area contributed by atoms with Crippen LogP contribution in [0, 0.1) is 0 Å². The van der Waals surface area contributed by atoms with E-state index in [1.807, 2.05) is 0 Å². The molecule has 0 radical (unpaired) electrons. The van der Waals surface area contributed by atoms with Crippen LogP contribution < -0.4 is 9.46 Å². The second-order valence-corrected chi connectivity index (χ2v) is 6.83. The van der Waals surface area contributed by atoms with Crippen LogP contribution in [0.25, 0.3) is 6.08 Å². The van der Waals surface area contributed by atoms with Gasteiger partial charge in [-0.3, -0.25) is 9.52 Å². The zero-order chi connectivity index (χ0) is 17.7. The smallest absolute Gasteiger partial charge is 0.229 e. The standard InChI is InChI=1S/C17H17NO5S/c1-23-17-10-4-12(11-16(17)20)3-9-15(19)13-5-7-14(8-6-13)18-24(2,21)22/h3-11,18,20H,1-2H3/b9-3-. The average molecular weight is 347 g/mol. The average Bonchev–Trinajstić information content (AvgIpc) is 2.52. The number of allylic oxidation sites excluding steroid dienone is 1. The fraction of sp³-hybridized carbons (Fsp3) is 0.118. The number of phenols is 1. The van der Waals surface area contributed by atoms with Crippen molar-refractivity contribution in [3.8, 4) is 11.5 Å². The van der Waals surface area contributed by atoms with E-state index < -0.39 is 10.0 Å². The van der Waals surface area contributed by atoms with Gasteiger partial charge in [0, 0.05) is 11.3 Å². The van der Waals surface area contributed by atoms with Crippen molar-refractivity contribution in [3.05, 3.63) is 59.7 Å². The Bertz CT molecular complexity index is 870. The van der Waals surface area contributed by atoms with Crippen molar-refractivity contribution in [3.63, 3.8) is 0 Å². The second-order valence-electron chi connectivity index (χ2n) is 5.08. The van der Waals surface area contributed by atoms with Gasteiger partial charge in [-0.25, -0.2) is 8.42 Å². The molecule has 0 amide bonds. The molecule has 2 rings (SSSR count). The van der Waals surface area contributed by atoms with Crippen LogP contribution in [0.4, 0.5) is 5.69 Å². The van der Waals surface area contributed by atoms with Gasteiger partial charge in [-0.15, -0.1) is 0 Å². The highest BCUT2D eigenvalue weighted by molar-refractivity contribution is 7.92. The summed E-state index contributed by atoms with van der Waals surface area (Å²) >= 11 is 0. The number of carbonyl (C=O) groups excluding carboxylic acids is 1. The lowest BCUT2D eigenvalue weighted by molar-refractivity contribution is 0.104. The monoisotopic (exact) mass is 347 g/mol. The maximum Gasteiger partial charge on any atom is 0.229 e. The number of nitrogens with one attached hydrogen (secondary N) is 1. The minimum Gasteiger partial charge on any atom is -0.504 e. The summed E-state index contributed by atoms with van der Waals surface area (Å²) in [6, 6.07) is 10.9. The fourth-order valence-corrected chi connectivity index (χ4v) is 2.56. The highest BCUT2D eigenvalue weighted by Gasteiger charge is 2.05. The maximum absolute atomic E-state index is 12.1. The molecule has 7 heteroatoms. The molecule has 0 spiro atoms. The summed E-state index contributed by atoms with van der Waals surface area (Å²) in [4.78, 5) is 12.1. The number of rotatable bonds is 6. The number of hydrogen-bond donors (Lipinski definition) is 2. The third-order valence-corrected chi connectivity index (χ3v) is 3.71. The number of anilines is 1. The van der Waals surface area contributed by atoms with Crippen molar-refractivity contribution in [1.29, 1.82) is 0 Å². The Balaban J connectivity index is 2.10. The van der Waals surface area contributed by atoms with Crippen LogP contribution in [0.3, 0.4) is 0 Å². The molecule has 0 heterocycles. The minimum atomic E-state index is -3.35. The fourth-order valence-electron chi connectivity index (χ4n) is 2.00. The van der Waals surface area contributed by atoms with Gasteiger partial charge in [-0.05, 0) is 48.0 Å². The molecule has 0 atom stereocenters. The van der Waals surface area contributed by atoms with E-state index in [0.29, 0.717) is 22.6 Å². The summed E-state index contributed by atoms with van der Waals surface area (Å²) in [5.41, 5.74) is 1.46. The second kappa shape index (κ2) is 7.18. The third-order valence-electron chi connectivity index (χ3n) is 3.10. The molecule has 2 aromatic rings. The number of hydrogen-bond acceptors (Lipinski definition) is 5. The number of aromatic hydroxyl groups is 1. The summed E-state index contributed by atoms with van der Waals surface area (Å²) in [7, 11) is -1.89. The molecule has 126 valence electrons. The summed E-state index contributed by atoms with van der Waals surface area (Å²) in [6.45, 7) is 0. The Labute approximate surface area is 140 Å². The zero-order valence-corrected chi connectivity index (χ0v) is 14.0. The molecule has 24 heavy (non-hydrogen) atoms. The lowest BCUT2D eigenvalue weighted by Gasteiger charge is -2.04. The Morgan fingerprint density at radius 2 is 1.83 bits per heavy atom. The van der Waals surface area contributed by atoms with E-state index in [-0.39, 0.29) is 11.5 Å². The Morgan fingerprint density at radius 3 is 2.38 bits per heavy atom. The SMILES string of the molecule is COc1ccc(/C=C\C(=O)c2ccc(NS(C)(=O)=O)cc2)cc1O. The molecule has 2 aromatic carbocycles. The van der Waals surface area contributed by atoms with Crippen LogP contribution in [-0.2, 0) is 10.0 Å². The molecule has 0 saturated heterocycles. The number of benzene rings is 2. The van der Waals surface area contributed by atoms with Crippen molar-refractivity contribution in [2.75, 3.05) is 18.1 Å². The van der Waals surface area contributed by atoms with Gasteiger partial charge in [-0.1, -0.05) is 12.1 Å². The van der Waals surface area contributed by atoms with Crippen molar-refractivity contribution >= 4 is 27.6 Å². The molecular weight excluding hydrogens is 330 g/mol. The first-order valence-electron chi connectivity index (χ1n) is 6.96. The number of methoxy groups -OCH3 is 1. The van der Waals surface area contributed by atoms with Gasteiger partial charge in [-0.2, -0.15) is 0 Å². The Kier molecular flexibility index (Phi) is 5.25. The highest BCUT2D eigenvalue weighted by atomic mass is 32.2. The molecule has 2 N–H and O–H groups in total. The van der Waals surface area contributed by atoms with Crippen molar-refractivity contribution in [2.45, 2.75) is 0 Å². The summed E-state index contributed by atoms with van der Waals surface area (Å²) < 4.78 is 29.5. The van der Waals surface area contributed by atoms with E-state index in [1.54, 1.807) is 18.2 Å². The third kappa shape index (κ3) is 4.85. The van der Waals surface area contributed by atoms with Crippen LogP contribution in [0.1, 0.15) is 15.9 Å². The number of sulfonamides is 1. The van der Waals surface area contributed by atoms with Gasteiger partial charge >= 0.3 is 0 Å². The van der Waals surface area contributed by atoms with Crippen LogP contribution in [0.2, 0.25) is 0 Å². The molecular formula is C17H17NO5S. The minimum absolute atomic E-state index is 0.0108. The zero-order valence-electron chi connectivity index (χ0n) is 13.2. The summed E-state index contributed by atoms with van der Waals surface area (Å²) in [5.74, 6) is 0.104. The maximum atomic E-state index is 12.1. The number of ketones is 1. The molecule has 0 unspecified atom stereocenters. The largest absolute Gasteiger partial charge is 0.504 e. The number of ether oxygens (including phenoxy) is 1. The van der Waals surface area contributed by atoms with Gasteiger partial charge in [0.1, 0.15) is 0 Å². The van der Waals surface area contributed by atoms with Gasteiger partial charge in [0.2, 0.25) is 10.0 Å². The van der Waals surface area contributed by atoms with E-state index in [2.05, 4.69) is 4.72 Å². The van der Waals surface area contributed by atoms with Crippen LogP contribution in [0.15, 0.2) is 48.5 Å². The van der Waals surface area contributed by atoms with Crippen molar-refractivity contribution in [2.24, 2.45) is 0 Å². The van der Waals surface area contributed by atoms with E-state index in [1.165, 1.54) is 43.5 Å². The van der Waals surface area contributed by atoms with Crippen LogP contribution in [-0.4, -0.2) is 32.7 Å². The molecule has 6 nitrogen and oxygen atoms in total. The topological polar surface area (TPSA) is 92.7 Å². The van der Waals surface area contributed by atoms with E-state index in [4.69, 9.17) is 4.74 Å². The van der Waals surface area contributed by atoms with E-state index in [9.17, 15) is 18.3 Å². The Morgan fingerprint density at radius 1 is 1.17 bits per heavy atom. The quantitative estimate of drug-likeness (QED) is 0.619. The molecule has 0 fully saturated rings. The van der Waals surface area contributed by atoms with Gasteiger partial charge < -0.3 is 9.84 Å². The summed E-state index contributed by atoms with van der Waals surface area (Å²) in [5, 5.41) is 9.70. The van der Waals surface area contributed by atoms with Gasteiger partial charge in [0.05, 0.1) is 13.4 Å². The van der Waals surface area contributed by atoms with Crippen LogP contribution >= 0.6 is 0 Å². The predicted octanol–water partition coefficient (Wildman–Crippen LogP) is 2.67.